The lowest BCUT2D eigenvalue weighted by molar-refractivity contribution is -0.153. The monoisotopic (exact) mass is 212 g/mol. The van der Waals surface area contributed by atoms with Crippen LogP contribution < -0.4 is 5.73 Å². The lowest BCUT2D eigenvalue weighted by Gasteiger charge is -2.42. The molecule has 1 saturated heterocycles. The molecule has 1 amide bonds. The van der Waals surface area contributed by atoms with Gasteiger partial charge in [-0.25, -0.2) is 0 Å². The van der Waals surface area contributed by atoms with Crippen LogP contribution in [-0.2, 0) is 9.53 Å². The van der Waals surface area contributed by atoms with E-state index in [1.54, 1.807) is 0 Å². The molecule has 1 atom stereocenters. The average Bonchev–Trinajstić information content (AvgIpc) is 2.15. The number of nitrogens with two attached hydrogens (primary N) is 1. The van der Waals surface area contributed by atoms with Gasteiger partial charge in [0.15, 0.2) is 0 Å². The quantitative estimate of drug-likeness (QED) is 0.719. The van der Waals surface area contributed by atoms with E-state index in [2.05, 4.69) is 0 Å². The van der Waals surface area contributed by atoms with Crippen molar-refractivity contribution in [3.63, 3.8) is 0 Å². The van der Waals surface area contributed by atoms with Gasteiger partial charge in [-0.1, -0.05) is 6.42 Å². The summed E-state index contributed by atoms with van der Waals surface area (Å²) >= 11 is 0. The van der Waals surface area contributed by atoms with Gasteiger partial charge in [-0.2, -0.15) is 0 Å². The second-order valence-corrected chi connectivity index (χ2v) is 4.89. The van der Waals surface area contributed by atoms with Crippen molar-refractivity contribution < 1.29 is 9.53 Å². The third-order valence-electron chi connectivity index (χ3n) is 3.53. The predicted molar refractivity (Wildman–Crippen MR) is 57.3 cm³/mol. The Bertz CT molecular complexity index is 253. The topological polar surface area (TPSA) is 55.6 Å². The minimum absolute atomic E-state index is 0.283. The molecule has 1 aliphatic carbocycles. The Morgan fingerprint density at radius 2 is 2.33 bits per heavy atom. The molecule has 4 nitrogen and oxygen atoms in total. The van der Waals surface area contributed by atoms with Crippen LogP contribution in [0.25, 0.3) is 0 Å². The fourth-order valence-corrected chi connectivity index (χ4v) is 2.16. The second-order valence-electron chi connectivity index (χ2n) is 4.89. The van der Waals surface area contributed by atoms with Crippen LogP contribution in [0.5, 0.6) is 0 Å². The van der Waals surface area contributed by atoms with Gasteiger partial charge in [0.05, 0.1) is 18.8 Å². The molecule has 86 valence electrons. The van der Waals surface area contributed by atoms with Gasteiger partial charge in [0.1, 0.15) is 0 Å². The highest BCUT2D eigenvalue weighted by Crippen LogP contribution is 2.29. The molecule has 4 heteroatoms. The van der Waals surface area contributed by atoms with Crippen LogP contribution in [0.15, 0.2) is 0 Å². The molecule has 1 unspecified atom stereocenters. The van der Waals surface area contributed by atoms with Gasteiger partial charge in [0.2, 0.25) is 5.91 Å². The largest absolute Gasteiger partial charge is 0.370 e. The molecule has 2 aliphatic rings. The minimum Gasteiger partial charge on any atom is -0.370 e. The van der Waals surface area contributed by atoms with Crippen LogP contribution >= 0.6 is 0 Å². The molecule has 1 saturated carbocycles. The molecule has 0 bridgehead atoms. The maximum Gasteiger partial charge on any atom is 0.225 e. The summed E-state index contributed by atoms with van der Waals surface area (Å²) in [5, 5.41) is 0. The second kappa shape index (κ2) is 4.10. The summed E-state index contributed by atoms with van der Waals surface area (Å²) in [5.74, 6) is 0.592. The Morgan fingerprint density at radius 1 is 1.60 bits per heavy atom. The lowest BCUT2D eigenvalue weighted by atomic mass is 9.84. The Kier molecular flexibility index (Phi) is 2.98. The molecule has 0 aromatic heterocycles. The molecule has 15 heavy (non-hydrogen) atoms. The summed E-state index contributed by atoms with van der Waals surface area (Å²) in [6.45, 7) is 4.45. The first-order chi connectivity index (χ1) is 7.14. The summed E-state index contributed by atoms with van der Waals surface area (Å²) in [6.07, 6.45) is 3.33. The number of rotatable bonds is 2. The maximum atomic E-state index is 12.0. The van der Waals surface area contributed by atoms with Crippen LogP contribution in [0.3, 0.4) is 0 Å². The third-order valence-corrected chi connectivity index (χ3v) is 3.53. The molecule has 1 aliphatic heterocycles. The highest BCUT2D eigenvalue weighted by Gasteiger charge is 2.36. The molecule has 1 heterocycles. The summed E-state index contributed by atoms with van der Waals surface area (Å²) in [5.41, 5.74) is 5.32. The first-order valence-corrected chi connectivity index (χ1v) is 5.77. The fraction of sp³-hybridized carbons (Fsp3) is 0.909. The van der Waals surface area contributed by atoms with Crippen molar-refractivity contribution >= 4 is 5.91 Å². The zero-order valence-electron chi connectivity index (χ0n) is 9.37. The molecule has 2 rings (SSSR count). The summed E-state index contributed by atoms with van der Waals surface area (Å²) in [6, 6.07) is 0. The number of carbonyl (C=O) groups is 1. The Balaban J connectivity index is 1.94. The van der Waals surface area contributed by atoms with E-state index in [0.29, 0.717) is 25.6 Å². The van der Waals surface area contributed by atoms with E-state index >= 15 is 0 Å². The minimum atomic E-state index is -0.336. The first kappa shape index (κ1) is 10.9. The maximum absolute atomic E-state index is 12.0. The smallest absolute Gasteiger partial charge is 0.225 e. The Hall–Kier alpha value is -0.610. The summed E-state index contributed by atoms with van der Waals surface area (Å²) in [4.78, 5) is 13.9. The molecule has 0 aromatic carbocycles. The van der Waals surface area contributed by atoms with Crippen molar-refractivity contribution in [2.75, 3.05) is 26.2 Å². The van der Waals surface area contributed by atoms with Crippen molar-refractivity contribution in [1.29, 1.82) is 0 Å². The standard InChI is InChI=1S/C11H20N2O2/c1-11(7-12)8-13(5-6-15-11)10(14)9-3-2-4-9/h9H,2-8,12H2,1H3. The average molecular weight is 212 g/mol. The van der Waals surface area contributed by atoms with Gasteiger partial charge in [0.25, 0.3) is 0 Å². The van der Waals surface area contributed by atoms with Crippen molar-refractivity contribution in [3.05, 3.63) is 0 Å². The van der Waals surface area contributed by atoms with Crippen LogP contribution in [0.2, 0.25) is 0 Å². The number of hydrogen-bond donors (Lipinski definition) is 1. The van der Waals surface area contributed by atoms with E-state index in [9.17, 15) is 4.79 Å². The first-order valence-electron chi connectivity index (χ1n) is 5.77. The van der Waals surface area contributed by atoms with E-state index in [-0.39, 0.29) is 11.5 Å². The van der Waals surface area contributed by atoms with E-state index in [0.717, 1.165) is 19.4 Å². The highest BCUT2D eigenvalue weighted by molar-refractivity contribution is 5.79. The number of amides is 1. The van der Waals surface area contributed by atoms with Gasteiger partial charge in [-0.05, 0) is 19.8 Å². The van der Waals surface area contributed by atoms with E-state index in [1.165, 1.54) is 6.42 Å². The molecular formula is C11H20N2O2. The highest BCUT2D eigenvalue weighted by atomic mass is 16.5. The van der Waals surface area contributed by atoms with Gasteiger partial charge < -0.3 is 15.4 Å². The van der Waals surface area contributed by atoms with E-state index in [4.69, 9.17) is 10.5 Å². The third kappa shape index (κ3) is 2.16. The molecule has 2 fully saturated rings. The van der Waals surface area contributed by atoms with Crippen LogP contribution in [0.4, 0.5) is 0 Å². The van der Waals surface area contributed by atoms with Crippen molar-refractivity contribution in [2.24, 2.45) is 11.7 Å². The Morgan fingerprint density at radius 3 is 2.87 bits per heavy atom. The van der Waals surface area contributed by atoms with Crippen molar-refractivity contribution in [1.82, 2.24) is 4.90 Å². The SMILES string of the molecule is CC1(CN)CN(C(=O)C2CCC2)CCO1. The number of hydrogen-bond acceptors (Lipinski definition) is 3. The van der Waals surface area contributed by atoms with E-state index < -0.39 is 0 Å². The molecule has 0 radical (unpaired) electrons. The zero-order valence-corrected chi connectivity index (χ0v) is 9.37. The number of carbonyl (C=O) groups excluding carboxylic acids is 1. The van der Waals surface area contributed by atoms with Crippen LogP contribution in [0.1, 0.15) is 26.2 Å². The lowest BCUT2D eigenvalue weighted by Crippen LogP contribution is -2.57. The summed E-state index contributed by atoms with van der Waals surface area (Å²) in [7, 11) is 0. The van der Waals surface area contributed by atoms with Gasteiger partial charge in [-0.15, -0.1) is 0 Å². The molecule has 0 aromatic rings. The summed E-state index contributed by atoms with van der Waals surface area (Å²) < 4.78 is 5.61. The molecule has 2 N–H and O–H groups in total. The van der Waals surface area contributed by atoms with Gasteiger partial charge in [-0.3, -0.25) is 4.79 Å². The predicted octanol–water partition coefficient (Wildman–Crippen LogP) is 0.363. The van der Waals surface area contributed by atoms with Crippen LogP contribution in [-0.4, -0.2) is 42.6 Å². The molecule has 0 spiro atoms. The van der Waals surface area contributed by atoms with Gasteiger partial charge in [0, 0.05) is 19.0 Å². The number of nitrogens with zero attached hydrogens (tertiary/aromatic N) is 1. The van der Waals surface area contributed by atoms with Crippen molar-refractivity contribution in [3.8, 4) is 0 Å². The van der Waals surface area contributed by atoms with E-state index in [1.807, 2.05) is 11.8 Å². The Labute approximate surface area is 90.8 Å². The normalized spacial score (nSPS) is 32.5. The van der Waals surface area contributed by atoms with Crippen molar-refractivity contribution in [2.45, 2.75) is 31.8 Å². The molecular weight excluding hydrogens is 192 g/mol. The fourth-order valence-electron chi connectivity index (χ4n) is 2.16. The zero-order chi connectivity index (χ0) is 10.9. The van der Waals surface area contributed by atoms with Gasteiger partial charge >= 0.3 is 0 Å². The number of morpholine rings is 1. The van der Waals surface area contributed by atoms with Crippen LogP contribution in [0, 0.1) is 5.92 Å². The number of ether oxygens (including phenoxy) is 1.